The topological polar surface area (TPSA) is 91.3 Å². The van der Waals surface area contributed by atoms with Crippen molar-refractivity contribution < 1.29 is 14.7 Å². The quantitative estimate of drug-likeness (QED) is 0.774. The minimum Gasteiger partial charge on any atom is -0.394 e. The minimum atomic E-state index is -0.954. The van der Waals surface area contributed by atoms with Crippen molar-refractivity contribution in [1.29, 1.82) is 0 Å². The smallest absolute Gasteiger partial charge is 0.253 e. The average Bonchev–Trinajstić information content (AvgIpc) is 3.11. The zero-order valence-electron chi connectivity index (χ0n) is 13.4. The van der Waals surface area contributed by atoms with Crippen molar-refractivity contribution in [2.45, 2.75) is 37.8 Å². The van der Waals surface area contributed by atoms with E-state index in [9.17, 15) is 14.7 Å². The molecule has 0 radical (unpaired) electrons. The molecule has 2 aromatic rings. The van der Waals surface area contributed by atoms with E-state index in [1.54, 1.807) is 6.07 Å². The fourth-order valence-corrected chi connectivity index (χ4v) is 3.00. The summed E-state index contributed by atoms with van der Waals surface area (Å²) in [4.78, 5) is 28.8. The first-order chi connectivity index (χ1) is 11.7. The van der Waals surface area contributed by atoms with Crippen molar-refractivity contribution in [3.8, 4) is 0 Å². The second-order valence-corrected chi connectivity index (χ2v) is 6.12. The number of para-hydroxylation sites is 1. The van der Waals surface area contributed by atoms with Crippen LogP contribution >= 0.6 is 0 Å². The number of fused-ring (bicyclic) bond motifs is 1. The first-order valence-electron chi connectivity index (χ1n) is 8.24. The summed E-state index contributed by atoms with van der Waals surface area (Å²) in [6.07, 6.45) is 5.58. The Morgan fingerprint density at radius 2 is 2.00 bits per heavy atom. The number of carbonyl (C=O) groups is 2. The normalized spacial score (nSPS) is 16.0. The number of benzene rings is 1. The zero-order valence-corrected chi connectivity index (χ0v) is 13.4. The molecule has 126 valence electrons. The summed E-state index contributed by atoms with van der Waals surface area (Å²) in [6, 6.07) is 8.40. The van der Waals surface area contributed by atoms with Crippen LogP contribution in [0, 0.1) is 0 Å². The van der Waals surface area contributed by atoms with Crippen LogP contribution in [0.5, 0.6) is 0 Å². The standard InChI is InChI=1S/C18H21N3O3/c22-11-16(18(24)20-14-6-2-3-7-14)21-17(23)13-9-12-5-1-4-8-15(12)19-10-13/h1,4-5,8-10,14,16,22H,2-3,6-7,11H2,(H,20,24)(H,21,23). The Balaban J connectivity index is 1.67. The van der Waals surface area contributed by atoms with Crippen molar-refractivity contribution in [2.75, 3.05) is 6.61 Å². The molecule has 1 aliphatic carbocycles. The fraction of sp³-hybridized carbons (Fsp3) is 0.389. The molecular weight excluding hydrogens is 306 g/mol. The molecule has 1 aliphatic rings. The monoisotopic (exact) mass is 327 g/mol. The van der Waals surface area contributed by atoms with Gasteiger partial charge in [-0.15, -0.1) is 0 Å². The molecule has 1 aromatic carbocycles. The molecule has 1 fully saturated rings. The van der Waals surface area contributed by atoms with Gasteiger partial charge in [-0.05, 0) is 25.0 Å². The number of nitrogens with zero attached hydrogens (tertiary/aromatic N) is 1. The second-order valence-electron chi connectivity index (χ2n) is 6.12. The highest BCUT2D eigenvalue weighted by Gasteiger charge is 2.24. The van der Waals surface area contributed by atoms with E-state index in [4.69, 9.17) is 0 Å². The molecule has 0 spiro atoms. The van der Waals surface area contributed by atoms with Crippen molar-refractivity contribution in [1.82, 2.24) is 15.6 Å². The maximum absolute atomic E-state index is 12.4. The number of hydrogen-bond acceptors (Lipinski definition) is 4. The highest BCUT2D eigenvalue weighted by atomic mass is 16.3. The number of aliphatic hydroxyl groups is 1. The number of hydrogen-bond donors (Lipinski definition) is 3. The Bertz CT molecular complexity index is 741. The van der Waals surface area contributed by atoms with Crippen molar-refractivity contribution in [3.05, 3.63) is 42.1 Å². The molecule has 2 amide bonds. The number of aliphatic hydroxyl groups excluding tert-OH is 1. The Morgan fingerprint density at radius 1 is 1.25 bits per heavy atom. The lowest BCUT2D eigenvalue weighted by Gasteiger charge is -2.19. The highest BCUT2D eigenvalue weighted by Crippen LogP contribution is 2.17. The van der Waals surface area contributed by atoms with Crippen molar-refractivity contribution in [3.63, 3.8) is 0 Å². The summed E-state index contributed by atoms with van der Waals surface area (Å²) in [6.45, 7) is -0.439. The highest BCUT2D eigenvalue weighted by molar-refractivity contribution is 5.99. The van der Waals surface area contributed by atoms with Crippen molar-refractivity contribution in [2.24, 2.45) is 0 Å². The van der Waals surface area contributed by atoms with Gasteiger partial charge in [0.1, 0.15) is 6.04 Å². The van der Waals surface area contributed by atoms with Crippen LogP contribution in [-0.2, 0) is 4.79 Å². The lowest BCUT2D eigenvalue weighted by molar-refractivity contribution is -0.124. The predicted octanol–water partition coefficient (Wildman–Crippen LogP) is 1.38. The molecule has 1 saturated carbocycles. The van der Waals surface area contributed by atoms with Gasteiger partial charge >= 0.3 is 0 Å². The van der Waals surface area contributed by atoms with E-state index in [1.165, 1.54) is 6.20 Å². The van der Waals surface area contributed by atoms with E-state index in [-0.39, 0.29) is 11.9 Å². The molecule has 6 nitrogen and oxygen atoms in total. The van der Waals surface area contributed by atoms with Gasteiger partial charge in [0.05, 0.1) is 17.7 Å². The van der Waals surface area contributed by atoms with E-state index in [0.717, 1.165) is 36.6 Å². The van der Waals surface area contributed by atoms with Crippen LogP contribution in [0.25, 0.3) is 10.9 Å². The van der Waals surface area contributed by atoms with Gasteiger partial charge in [-0.1, -0.05) is 31.0 Å². The minimum absolute atomic E-state index is 0.144. The van der Waals surface area contributed by atoms with Gasteiger partial charge in [0.25, 0.3) is 5.91 Å². The second kappa shape index (κ2) is 7.40. The molecule has 24 heavy (non-hydrogen) atoms. The van der Waals surface area contributed by atoms with E-state index < -0.39 is 18.6 Å². The summed E-state index contributed by atoms with van der Waals surface area (Å²) >= 11 is 0. The van der Waals surface area contributed by atoms with Crippen molar-refractivity contribution >= 4 is 22.7 Å². The molecule has 1 aromatic heterocycles. The first kappa shape index (κ1) is 16.4. The van der Waals surface area contributed by atoms with Gasteiger partial charge in [0, 0.05) is 17.6 Å². The molecule has 3 rings (SSSR count). The molecule has 1 unspecified atom stereocenters. The molecule has 0 bridgehead atoms. The van der Waals surface area contributed by atoms with Crippen LogP contribution in [0.1, 0.15) is 36.0 Å². The molecular formula is C18H21N3O3. The number of nitrogens with one attached hydrogen (secondary N) is 2. The van der Waals surface area contributed by atoms with Gasteiger partial charge in [-0.25, -0.2) is 0 Å². The van der Waals surface area contributed by atoms with E-state index >= 15 is 0 Å². The van der Waals surface area contributed by atoms with Crippen LogP contribution in [-0.4, -0.2) is 40.6 Å². The van der Waals surface area contributed by atoms with Gasteiger partial charge in [0.2, 0.25) is 5.91 Å². The van der Waals surface area contributed by atoms with Crippen LogP contribution in [0.2, 0.25) is 0 Å². The number of carbonyl (C=O) groups excluding carboxylic acids is 2. The number of amides is 2. The number of pyridine rings is 1. The molecule has 1 atom stereocenters. The summed E-state index contributed by atoms with van der Waals surface area (Å²) in [5, 5.41) is 15.8. The largest absolute Gasteiger partial charge is 0.394 e. The van der Waals surface area contributed by atoms with Crippen LogP contribution in [0.15, 0.2) is 36.5 Å². The number of rotatable bonds is 5. The molecule has 0 aliphatic heterocycles. The van der Waals surface area contributed by atoms with E-state index in [1.807, 2.05) is 24.3 Å². The third-order valence-corrected chi connectivity index (χ3v) is 4.36. The van der Waals surface area contributed by atoms with Gasteiger partial charge < -0.3 is 15.7 Å². The molecule has 1 heterocycles. The molecule has 3 N–H and O–H groups in total. The maximum Gasteiger partial charge on any atom is 0.253 e. The van der Waals surface area contributed by atoms with E-state index in [0.29, 0.717) is 5.56 Å². The predicted molar refractivity (Wildman–Crippen MR) is 90.5 cm³/mol. The third kappa shape index (κ3) is 3.71. The third-order valence-electron chi connectivity index (χ3n) is 4.36. The lowest BCUT2D eigenvalue weighted by Crippen LogP contribution is -2.51. The SMILES string of the molecule is O=C(NC(CO)C(=O)NC1CCCC1)c1cnc2ccccc2c1. The number of aromatic nitrogens is 1. The van der Waals surface area contributed by atoms with Gasteiger partial charge in [-0.2, -0.15) is 0 Å². The van der Waals surface area contributed by atoms with Crippen LogP contribution in [0.4, 0.5) is 0 Å². The van der Waals surface area contributed by atoms with Crippen LogP contribution < -0.4 is 10.6 Å². The Labute approximate surface area is 140 Å². The Morgan fingerprint density at radius 3 is 2.75 bits per heavy atom. The molecule has 0 saturated heterocycles. The van der Waals surface area contributed by atoms with Gasteiger partial charge in [-0.3, -0.25) is 14.6 Å². The Hall–Kier alpha value is -2.47. The zero-order chi connectivity index (χ0) is 16.9. The summed E-state index contributed by atoms with van der Waals surface area (Å²) in [5.74, 6) is -0.764. The molecule has 6 heteroatoms. The summed E-state index contributed by atoms with van der Waals surface area (Å²) in [5.41, 5.74) is 1.16. The summed E-state index contributed by atoms with van der Waals surface area (Å²) < 4.78 is 0. The first-order valence-corrected chi connectivity index (χ1v) is 8.24. The maximum atomic E-state index is 12.4. The lowest BCUT2D eigenvalue weighted by atomic mass is 10.1. The van der Waals surface area contributed by atoms with E-state index in [2.05, 4.69) is 15.6 Å². The average molecular weight is 327 g/mol. The van der Waals surface area contributed by atoms with Crippen LogP contribution in [0.3, 0.4) is 0 Å². The Kier molecular flexibility index (Phi) is 5.05. The van der Waals surface area contributed by atoms with Gasteiger partial charge in [0.15, 0.2) is 0 Å². The summed E-state index contributed by atoms with van der Waals surface area (Å²) in [7, 11) is 0. The fourth-order valence-electron chi connectivity index (χ4n) is 3.00.